The van der Waals surface area contributed by atoms with Gasteiger partial charge in [-0.3, -0.25) is 4.79 Å². The molecule has 1 aromatic rings. The molecular formula is C14H19ClN2O2. The number of alkyl halides is 1. The van der Waals surface area contributed by atoms with E-state index in [2.05, 4.69) is 17.3 Å². The summed E-state index contributed by atoms with van der Waals surface area (Å²) in [5.74, 6) is 1.23. The molecular weight excluding hydrogens is 264 g/mol. The SMILES string of the molecule is CCc1cc(CN(CC2C=CCC2)C(=O)CCl)no1. The van der Waals surface area contributed by atoms with Crippen LogP contribution in [0.4, 0.5) is 0 Å². The van der Waals surface area contributed by atoms with Crippen LogP contribution in [0.1, 0.15) is 31.2 Å². The van der Waals surface area contributed by atoms with Gasteiger partial charge in [0.1, 0.15) is 17.3 Å². The molecule has 0 aliphatic heterocycles. The molecule has 1 amide bonds. The lowest BCUT2D eigenvalue weighted by molar-refractivity contribution is -0.129. The second kappa shape index (κ2) is 6.75. The zero-order valence-corrected chi connectivity index (χ0v) is 11.9. The van der Waals surface area contributed by atoms with Crippen molar-refractivity contribution in [2.24, 2.45) is 5.92 Å². The monoisotopic (exact) mass is 282 g/mol. The maximum absolute atomic E-state index is 11.9. The third kappa shape index (κ3) is 3.83. The van der Waals surface area contributed by atoms with Gasteiger partial charge in [0.15, 0.2) is 0 Å². The lowest BCUT2D eigenvalue weighted by atomic mass is 10.1. The van der Waals surface area contributed by atoms with Gasteiger partial charge in [0.25, 0.3) is 0 Å². The van der Waals surface area contributed by atoms with E-state index in [-0.39, 0.29) is 11.8 Å². The molecule has 2 rings (SSSR count). The smallest absolute Gasteiger partial charge is 0.237 e. The largest absolute Gasteiger partial charge is 0.361 e. The van der Waals surface area contributed by atoms with E-state index in [0.29, 0.717) is 19.0 Å². The Balaban J connectivity index is 2.00. The van der Waals surface area contributed by atoms with E-state index in [1.807, 2.05) is 13.0 Å². The Kier molecular flexibility index (Phi) is 5.02. The summed E-state index contributed by atoms with van der Waals surface area (Å²) in [6.45, 7) is 3.19. The fourth-order valence-electron chi connectivity index (χ4n) is 2.26. The molecule has 0 fully saturated rings. The van der Waals surface area contributed by atoms with Gasteiger partial charge in [-0.05, 0) is 18.8 Å². The van der Waals surface area contributed by atoms with Crippen LogP contribution in [0.25, 0.3) is 0 Å². The zero-order chi connectivity index (χ0) is 13.7. The molecule has 1 atom stereocenters. The van der Waals surface area contributed by atoms with Crippen molar-refractivity contribution in [3.05, 3.63) is 29.7 Å². The summed E-state index contributed by atoms with van der Waals surface area (Å²) in [6.07, 6.45) is 7.35. The maximum Gasteiger partial charge on any atom is 0.237 e. The quantitative estimate of drug-likeness (QED) is 0.595. The summed E-state index contributed by atoms with van der Waals surface area (Å²) < 4.78 is 5.16. The Bertz CT molecular complexity index is 456. The second-order valence-corrected chi connectivity index (χ2v) is 5.08. The molecule has 0 spiro atoms. The molecule has 104 valence electrons. The summed E-state index contributed by atoms with van der Waals surface area (Å²) >= 11 is 5.68. The van der Waals surface area contributed by atoms with E-state index in [1.54, 1.807) is 4.90 Å². The Morgan fingerprint density at radius 1 is 1.63 bits per heavy atom. The van der Waals surface area contributed by atoms with Crippen molar-refractivity contribution in [3.8, 4) is 0 Å². The van der Waals surface area contributed by atoms with Crippen molar-refractivity contribution in [3.63, 3.8) is 0 Å². The van der Waals surface area contributed by atoms with E-state index in [1.165, 1.54) is 0 Å². The van der Waals surface area contributed by atoms with Crippen LogP contribution in [-0.2, 0) is 17.8 Å². The highest BCUT2D eigenvalue weighted by Gasteiger charge is 2.20. The van der Waals surface area contributed by atoms with Crippen LogP contribution >= 0.6 is 11.6 Å². The van der Waals surface area contributed by atoms with Gasteiger partial charge in [-0.2, -0.15) is 0 Å². The summed E-state index contributed by atoms with van der Waals surface area (Å²) in [7, 11) is 0. The van der Waals surface area contributed by atoms with Crippen molar-refractivity contribution >= 4 is 17.5 Å². The first-order valence-electron chi connectivity index (χ1n) is 6.67. The molecule has 0 saturated carbocycles. The van der Waals surface area contributed by atoms with Crippen LogP contribution in [0, 0.1) is 5.92 Å². The molecule has 19 heavy (non-hydrogen) atoms. The van der Waals surface area contributed by atoms with Crippen LogP contribution in [0.5, 0.6) is 0 Å². The summed E-state index contributed by atoms with van der Waals surface area (Å²) in [4.78, 5) is 13.7. The van der Waals surface area contributed by atoms with Gasteiger partial charge in [0, 0.05) is 19.0 Å². The number of amides is 1. The Hall–Kier alpha value is -1.29. The molecule has 1 aliphatic carbocycles. The molecule has 0 saturated heterocycles. The Morgan fingerprint density at radius 2 is 2.47 bits per heavy atom. The van der Waals surface area contributed by atoms with E-state index in [4.69, 9.17) is 16.1 Å². The minimum Gasteiger partial charge on any atom is -0.361 e. The van der Waals surface area contributed by atoms with Crippen LogP contribution < -0.4 is 0 Å². The molecule has 1 heterocycles. The highest BCUT2D eigenvalue weighted by atomic mass is 35.5. The number of nitrogens with zero attached hydrogens (tertiary/aromatic N) is 2. The third-order valence-corrected chi connectivity index (χ3v) is 3.57. The molecule has 0 bridgehead atoms. The Morgan fingerprint density at radius 3 is 3.05 bits per heavy atom. The predicted octanol–water partition coefficient (Wildman–Crippen LogP) is 2.77. The van der Waals surface area contributed by atoms with Crippen LogP contribution in [0.3, 0.4) is 0 Å². The zero-order valence-electron chi connectivity index (χ0n) is 11.1. The van der Waals surface area contributed by atoms with Crippen molar-refractivity contribution < 1.29 is 9.32 Å². The van der Waals surface area contributed by atoms with Crippen LogP contribution in [0.2, 0.25) is 0 Å². The van der Waals surface area contributed by atoms with Gasteiger partial charge in [-0.25, -0.2) is 0 Å². The first kappa shape index (κ1) is 14.1. The van der Waals surface area contributed by atoms with E-state index in [9.17, 15) is 4.79 Å². The van der Waals surface area contributed by atoms with Crippen LogP contribution in [-0.4, -0.2) is 28.4 Å². The van der Waals surface area contributed by atoms with Gasteiger partial charge in [0.05, 0.1) is 6.54 Å². The second-order valence-electron chi connectivity index (χ2n) is 4.81. The normalized spacial score (nSPS) is 17.9. The molecule has 0 aromatic carbocycles. The number of hydrogen-bond donors (Lipinski definition) is 0. The fourth-order valence-corrected chi connectivity index (χ4v) is 2.43. The van der Waals surface area contributed by atoms with Gasteiger partial charge in [-0.1, -0.05) is 24.2 Å². The number of carbonyl (C=O) groups excluding carboxylic acids is 1. The minimum absolute atomic E-state index is 0.00885. The number of halogens is 1. The molecule has 1 aromatic heterocycles. The topological polar surface area (TPSA) is 46.3 Å². The van der Waals surface area contributed by atoms with Crippen molar-refractivity contribution in [1.82, 2.24) is 10.1 Å². The van der Waals surface area contributed by atoms with Gasteiger partial charge in [-0.15, -0.1) is 11.6 Å². The number of allylic oxidation sites excluding steroid dienone is 1. The first-order valence-corrected chi connectivity index (χ1v) is 7.21. The average molecular weight is 283 g/mol. The summed E-state index contributed by atoms with van der Waals surface area (Å²) in [6, 6.07) is 1.90. The number of aryl methyl sites for hydroxylation is 1. The van der Waals surface area contributed by atoms with Gasteiger partial charge >= 0.3 is 0 Å². The number of carbonyl (C=O) groups is 1. The lowest BCUT2D eigenvalue weighted by Gasteiger charge is -2.23. The van der Waals surface area contributed by atoms with Crippen molar-refractivity contribution in [2.75, 3.05) is 12.4 Å². The number of aromatic nitrogens is 1. The molecule has 1 aliphatic rings. The van der Waals surface area contributed by atoms with Gasteiger partial charge in [0.2, 0.25) is 5.91 Å². The number of rotatable bonds is 6. The lowest BCUT2D eigenvalue weighted by Crippen LogP contribution is -2.35. The molecule has 4 nitrogen and oxygen atoms in total. The van der Waals surface area contributed by atoms with E-state index >= 15 is 0 Å². The fraction of sp³-hybridized carbons (Fsp3) is 0.571. The minimum atomic E-state index is -0.0528. The highest BCUT2D eigenvalue weighted by molar-refractivity contribution is 6.27. The molecule has 1 unspecified atom stereocenters. The Labute approximate surface area is 118 Å². The van der Waals surface area contributed by atoms with Crippen LogP contribution in [0.15, 0.2) is 22.7 Å². The third-order valence-electron chi connectivity index (χ3n) is 3.34. The predicted molar refractivity (Wildman–Crippen MR) is 73.9 cm³/mol. The van der Waals surface area contributed by atoms with E-state index in [0.717, 1.165) is 30.7 Å². The standard InChI is InChI=1S/C14H19ClN2O2/c1-2-13-7-12(16-19-13)10-17(14(18)8-15)9-11-5-3-4-6-11/h3,5,7,11H,2,4,6,8-10H2,1H3. The van der Waals surface area contributed by atoms with E-state index < -0.39 is 0 Å². The average Bonchev–Trinajstić information content (AvgIpc) is 3.08. The first-order chi connectivity index (χ1) is 9.22. The highest BCUT2D eigenvalue weighted by Crippen LogP contribution is 2.19. The summed E-state index contributed by atoms with van der Waals surface area (Å²) in [5, 5.41) is 3.99. The van der Waals surface area contributed by atoms with Gasteiger partial charge < -0.3 is 9.42 Å². The number of hydrogen-bond acceptors (Lipinski definition) is 3. The van der Waals surface area contributed by atoms with Crippen molar-refractivity contribution in [2.45, 2.75) is 32.7 Å². The molecule has 0 N–H and O–H groups in total. The van der Waals surface area contributed by atoms with Crippen molar-refractivity contribution in [1.29, 1.82) is 0 Å². The molecule has 0 radical (unpaired) electrons. The molecule has 5 heteroatoms. The summed E-state index contributed by atoms with van der Waals surface area (Å²) in [5.41, 5.74) is 0.789. The maximum atomic E-state index is 11.9.